The topological polar surface area (TPSA) is 83.0 Å². The SMILES string of the molecule is FC(F)(F)c1cc(Nc2nc(-c3cccc(C(F)(F)F)n3)nc(N3CCN(I)CC3)n2)ccn1. The highest BCUT2D eigenvalue weighted by Gasteiger charge is 2.33. The maximum Gasteiger partial charge on any atom is 0.433 e. The molecule has 180 valence electrons. The second-order valence-corrected chi connectivity index (χ2v) is 8.50. The average Bonchev–Trinajstić information content (AvgIpc) is 2.78. The van der Waals surface area contributed by atoms with Crippen molar-refractivity contribution in [1.29, 1.82) is 0 Å². The number of nitrogens with one attached hydrogen (secondary N) is 1. The number of hydrogen-bond acceptors (Lipinski definition) is 8. The summed E-state index contributed by atoms with van der Waals surface area (Å²) < 4.78 is 80.6. The molecule has 0 spiro atoms. The van der Waals surface area contributed by atoms with Gasteiger partial charge in [-0.05, 0) is 24.3 Å². The van der Waals surface area contributed by atoms with E-state index in [0.29, 0.717) is 26.2 Å². The zero-order chi connectivity index (χ0) is 24.5. The quantitative estimate of drug-likeness (QED) is 0.267. The number of aromatic nitrogens is 5. The monoisotopic (exact) mass is 596 g/mol. The fraction of sp³-hybridized carbons (Fsp3) is 0.316. The number of rotatable bonds is 4. The molecule has 0 aromatic carbocycles. The third kappa shape index (κ3) is 5.81. The summed E-state index contributed by atoms with van der Waals surface area (Å²) in [7, 11) is 0. The molecule has 34 heavy (non-hydrogen) atoms. The van der Waals surface area contributed by atoms with Gasteiger partial charge in [-0.3, -0.25) is 4.98 Å². The number of hydrogen-bond donors (Lipinski definition) is 1. The summed E-state index contributed by atoms with van der Waals surface area (Å²) in [5.41, 5.74) is -2.40. The molecule has 4 rings (SSSR count). The average molecular weight is 596 g/mol. The van der Waals surface area contributed by atoms with E-state index in [1.807, 2.05) is 4.90 Å². The Morgan fingerprint density at radius 3 is 2.21 bits per heavy atom. The Kier molecular flexibility index (Phi) is 6.75. The van der Waals surface area contributed by atoms with Crippen LogP contribution in [0.1, 0.15) is 11.4 Å². The van der Waals surface area contributed by atoms with Crippen molar-refractivity contribution in [3.8, 4) is 11.5 Å². The molecule has 4 heterocycles. The highest BCUT2D eigenvalue weighted by Crippen LogP contribution is 2.31. The Bertz CT molecular complexity index is 1160. The lowest BCUT2D eigenvalue weighted by molar-refractivity contribution is -0.141. The smallest absolute Gasteiger partial charge is 0.338 e. The molecule has 1 aliphatic heterocycles. The summed E-state index contributed by atoms with van der Waals surface area (Å²) in [6, 6.07) is 5.38. The van der Waals surface area contributed by atoms with E-state index in [4.69, 9.17) is 0 Å². The molecule has 1 fully saturated rings. The van der Waals surface area contributed by atoms with E-state index in [9.17, 15) is 26.3 Å². The van der Waals surface area contributed by atoms with Crippen LogP contribution < -0.4 is 10.2 Å². The summed E-state index contributed by atoms with van der Waals surface area (Å²) >= 11 is 2.17. The van der Waals surface area contributed by atoms with E-state index in [-0.39, 0.29) is 29.1 Å². The standard InChI is InChI=1S/C19H15F6IN8/c20-18(21,22)13-3-1-2-12(29-13)15-30-16(28-11-4-5-27-14(10-11)19(23,24)25)32-17(31-15)33-6-8-34(26)9-7-33/h1-5,10H,6-9H2,(H,27,28,30,31,32). The van der Waals surface area contributed by atoms with Gasteiger partial charge in [-0.25, -0.2) is 8.10 Å². The molecule has 8 nitrogen and oxygen atoms in total. The second kappa shape index (κ2) is 9.44. The first-order chi connectivity index (χ1) is 16.0. The molecule has 0 bridgehead atoms. The van der Waals surface area contributed by atoms with Crippen LogP contribution in [-0.4, -0.2) is 54.2 Å². The third-order valence-electron chi connectivity index (χ3n) is 4.71. The zero-order valence-electron chi connectivity index (χ0n) is 17.1. The zero-order valence-corrected chi connectivity index (χ0v) is 19.2. The molecule has 1 aliphatic rings. The van der Waals surface area contributed by atoms with Gasteiger partial charge >= 0.3 is 12.4 Å². The van der Waals surface area contributed by atoms with Crippen molar-refractivity contribution in [2.75, 3.05) is 36.4 Å². The van der Waals surface area contributed by atoms with Crippen molar-refractivity contribution in [1.82, 2.24) is 28.0 Å². The Labute approximate surface area is 203 Å². The predicted molar refractivity (Wildman–Crippen MR) is 118 cm³/mol. The first kappa shape index (κ1) is 24.3. The van der Waals surface area contributed by atoms with Gasteiger partial charge in [0.25, 0.3) is 0 Å². The van der Waals surface area contributed by atoms with E-state index < -0.39 is 23.7 Å². The van der Waals surface area contributed by atoms with Gasteiger partial charge in [0, 0.05) is 60.9 Å². The summed E-state index contributed by atoms with van der Waals surface area (Å²) in [6.07, 6.45) is -8.36. The molecular formula is C19H15F6IN8. The van der Waals surface area contributed by atoms with E-state index in [1.165, 1.54) is 18.2 Å². The molecule has 0 radical (unpaired) electrons. The minimum absolute atomic E-state index is 0.000456. The highest BCUT2D eigenvalue weighted by atomic mass is 127. The van der Waals surface area contributed by atoms with Crippen LogP contribution in [0, 0.1) is 0 Å². The minimum atomic E-state index is -4.67. The first-order valence-electron chi connectivity index (χ1n) is 9.76. The predicted octanol–water partition coefficient (Wildman–Crippen LogP) is 4.58. The summed E-state index contributed by atoms with van der Waals surface area (Å²) in [5.74, 6) is -0.127. The van der Waals surface area contributed by atoms with Gasteiger partial charge in [-0.2, -0.15) is 41.3 Å². The van der Waals surface area contributed by atoms with E-state index in [1.54, 1.807) is 0 Å². The fourth-order valence-corrected chi connectivity index (χ4v) is 3.50. The van der Waals surface area contributed by atoms with Crippen molar-refractivity contribution in [3.05, 3.63) is 47.9 Å². The maximum absolute atomic E-state index is 13.2. The molecule has 15 heteroatoms. The van der Waals surface area contributed by atoms with Gasteiger partial charge < -0.3 is 10.2 Å². The van der Waals surface area contributed by atoms with E-state index >= 15 is 0 Å². The molecule has 3 aromatic rings. The summed E-state index contributed by atoms with van der Waals surface area (Å²) in [4.78, 5) is 21.4. The number of pyridine rings is 2. The van der Waals surface area contributed by atoms with Gasteiger partial charge in [0.2, 0.25) is 11.9 Å². The molecule has 1 N–H and O–H groups in total. The second-order valence-electron chi connectivity index (χ2n) is 7.14. The molecule has 1 saturated heterocycles. The van der Waals surface area contributed by atoms with Gasteiger partial charge in [0.05, 0.1) is 0 Å². The van der Waals surface area contributed by atoms with Crippen LogP contribution in [0.4, 0.5) is 43.9 Å². The highest BCUT2D eigenvalue weighted by molar-refractivity contribution is 14.1. The lowest BCUT2D eigenvalue weighted by Crippen LogP contribution is -2.43. The van der Waals surface area contributed by atoms with Crippen molar-refractivity contribution in [2.45, 2.75) is 12.4 Å². The maximum atomic E-state index is 13.2. The lowest BCUT2D eigenvalue weighted by Gasteiger charge is -2.31. The Morgan fingerprint density at radius 2 is 1.53 bits per heavy atom. The largest absolute Gasteiger partial charge is 0.433 e. The summed E-state index contributed by atoms with van der Waals surface area (Å²) in [5, 5.41) is 2.67. The van der Waals surface area contributed by atoms with Crippen LogP contribution in [0.2, 0.25) is 0 Å². The van der Waals surface area contributed by atoms with Crippen molar-refractivity contribution >= 4 is 40.4 Å². The Balaban J connectivity index is 1.74. The van der Waals surface area contributed by atoms with Gasteiger partial charge in [-0.15, -0.1) is 0 Å². The van der Waals surface area contributed by atoms with Crippen molar-refractivity contribution < 1.29 is 26.3 Å². The number of alkyl halides is 6. The molecule has 0 amide bonds. The molecular weight excluding hydrogens is 581 g/mol. The van der Waals surface area contributed by atoms with E-state index in [2.05, 4.69) is 56.2 Å². The van der Waals surface area contributed by atoms with Crippen LogP contribution in [0.25, 0.3) is 11.5 Å². The van der Waals surface area contributed by atoms with Crippen LogP contribution in [0.3, 0.4) is 0 Å². The normalized spacial score (nSPS) is 15.4. The lowest BCUT2D eigenvalue weighted by atomic mass is 10.3. The molecule has 0 saturated carbocycles. The van der Waals surface area contributed by atoms with Crippen molar-refractivity contribution in [3.63, 3.8) is 0 Å². The van der Waals surface area contributed by atoms with Crippen LogP contribution in [0.15, 0.2) is 36.5 Å². The van der Waals surface area contributed by atoms with Gasteiger partial charge in [0.1, 0.15) is 17.1 Å². The minimum Gasteiger partial charge on any atom is -0.338 e. The Morgan fingerprint density at radius 1 is 0.824 bits per heavy atom. The van der Waals surface area contributed by atoms with Crippen LogP contribution in [0.5, 0.6) is 0 Å². The van der Waals surface area contributed by atoms with Crippen molar-refractivity contribution in [2.24, 2.45) is 0 Å². The van der Waals surface area contributed by atoms with E-state index in [0.717, 1.165) is 18.3 Å². The number of anilines is 3. The molecule has 3 aromatic heterocycles. The molecule has 0 atom stereocenters. The molecule has 0 aliphatic carbocycles. The molecule has 0 unspecified atom stereocenters. The number of piperazine rings is 1. The summed E-state index contributed by atoms with van der Waals surface area (Å²) in [6.45, 7) is 2.45. The Hall–Kier alpha value is -2.82. The third-order valence-corrected chi connectivity index (χ3v) is 5.67. The number of nitrogens with zero attached hydrogens (tertiary/aromatic N) is 7. The van der Waals surface area contributed by atoms with Crippen LogP contribution >= 0.6 is 22.9 Å². The van der Waals surface area contributed by atoms with Gasteiger partial charge in [-0.1, -0.05) is 6.07 Å². The van der Waals surface area contributed by atoms with Crippen LogP contribution in [-0.2, 0) is 12.4 Å². The fourth-order valence-electron chi connectivity index (χ4n) is 3.07. The first-order valence-corrected chi connectivity index (χ1v) is 10.7. The van der Waals surface area contributed by atoms with Gasteiger partial charge in [0.15, 0.2) is 5.82 Å². The number of halogens is 7.